The van der Waals surface area contributed by atoms with E-state index in [1.165, 1.54) is 37.1 Å². The van der Waals surface area contributed by atoms with Crippen molar-refractivity contribution in [2.24, 2.45) is 0 Å². The molecule has 0 saturated carbocycles. The molecule has 2 heterocycles. The zero-order valence-corrected chi connectivity index (χ0v) is 13.0. The van der Waals surface area contributed by atoms with Crippen molar-refractivity contribution in [3.8, 4) is 0 Å². The topological polar surface area (TPSA) is 35.6 Å². The number of carbonyl (C=O) groups excluding carboxylic acids is 1. The first-order chi connectivity index (χ1) is 10.1. The van der Waals surface area contributed by atoms with Crippen LogP contribution >= 0.6 is 0 Å². The van der Waals surface area contributed by atoms with E-state index < -0.39 is 0 Å². The van der Waals surface area contributed by atoms with Gasteiger partial charge in [-0.2, -0.15) is 0 Å². The highest BCUT2D eigenvalue weighted by molar-refractivity contribution is 5.84. The van der Waals surface area contributed by atoms with Gasteiger partial charge in [0.1, 0.15) is 6.17 Å². The summed E-state index contributed by atoms with van der Waals surface area (Å²) in [5, 5.41) is 3.43. The highest BCUT2D eigenvalue weighted by Crippen LogP contribution is 2.25. The summed E-state index contributed by atoms with van der Waals surface area (Å²) < 4.78 is 0. The number of rotatable bonds is 4. The summed E-state index contributed by atoms with van der Waals surface area (Å²) in [5.74, 6) is 0.223. The molecule has 3 rings (SSSR count). The summed E-state index contributed by atoms with van der Waals surface area (Å²) in [6.45, 7) is 8.22. The molecule has 0 aromatic heterocycles. The molecule has 21 heavy (non-hydrogen) atoms. The number of hydrogen-bond donors (Lipinski definition) is 1. The molecular weight excluding hydrogens is 262 g/mol. The standard InChI is InChI=1S/C17H25N3O/c1-13-6-5-7-15(12-13)16-18-14(2)17(21)20(16)11-10-19-8-3-4-9-19/h5-7,12,14,16,18H,3-4,8-11H2,1-2H3. The van der Waals surface area contributed by atoms with Crippen molar-refractivity contribution in [3.05, 3.63) is 35.4 Å². The van der Waals surface area contributed by atoms with Crippen LogP contribution < -0.4 is 5.32 Å². The van der Waals surface area contributed by atoms with E-state index in [1.807, 2.05) is 11.8 Å². The van der Waals surface area contributed by atoms with Crippen molar-refractivity contribution in [3.63, 3.8) is 0 Å². The van der Waals surface area contributed by atoms with Gasteiger partial charge >= 0.3 is 0 Å². The zero-order valence-electron chi connectivity index (χ0n) is 13.0. The number of nitrogens with zero attached hydrogens (tertiary/aromatic N) is 2. The van der Waals surface area contributed by atoms with Gasteiger partial charge in [0.05, 0.1) is 6.04 Å². The Labute approximate surface area is 127 Å². The molecule has 2 saturated heterocycles. The Balaban J connectivity index is 1.72. The lowest BCUT2D eigenvalue weighted by atomic mass is 10.1. The molecule has 2 unspecified atom stereocenters. The maximum absolute atomic E-state index is 12.4. The predicted molar refractivity (Wildman–Crippen MR) is 83.9 cm³/mol. The van der Waals surface area contributed by atoms with Gasteiger partial charge in [0.15, 0.2) is 0 Å². The minimum atomic E-state index is -0.0888. The Morgan fingerprint density at radius 3 is 2.71 bits per heavy atom. The van der Waals surface area contributed by atoms with Crippen molar-refractivity contribution in [1.29, 1.82) is 0 Å². The maximum Gasteiger partial charge on any atom is 0.241 e. The van der Waals surface area contributed by atoms with Crippen LogP contribution in [0.4, 0.5) is 0 Å². The number of aryl methyl sites for hydroxylation is 1. The summed E-state index contributed by atoms with van der Waals surface area (Å²) >= 11 is 0. The van der Waals surface area contributed by atoms with Gasteiger partial charge < -0.3 is 9.80 Å². The lowest BCUT2D eigenvalue weighted by molar-refractivity contribution is -0.130. The second-order valence-corrected chi connectivity index (χ2v) is 6.29. The molecule has 2 aliphatic heterocycles. The van der Waals surface area contributed by atoms with Crippen LogP contribution in [0.3, 0.4) is 0 Å². The van der Waals surface area contributed by atoms with Gasteiger partial charge in [0.2, 0.25) is 5.91 Å². The molecule has 0 bridgehead atoms. The third-order valence-electron chi connectivity index (χ3n) is 4.59. The minimum absolute atomic E-state index is 0.0232. The molecule has 0 radical (unpaired) electrons. The van der Waals surface area contributed by atoms with Crippen LogP contribution in [-0.4, -0.2) is 47.9 Å². The zero-order chi connectivity index (χ0) is 14.8. The van der Waals surface area contributed by atoms with Crippen LogP contribution in [0.15, 0.2) is 24.3 Å². The number of likely N-dealkylation sites (tertiary alicyclic amines) is 1. The Morgan fingerprint density at radius 1 is 1.24 bits per heavy atom. The Hall–Kier alpha value is -1.39. The summed E-state index contributed by atoms with van der Waals surface area (Å²) in [5.41, 5.74) is 2.43. The summed E-state index contributed by atoms with van der Waals surface area (Å²) in [6.07, 6.45) is 2.61. The number of carbonyl (C=O) groups is 1. The van der Waals surface area contributed by atoms with Crippen LogP contribution in [0.25, 0.3) is 0 Å². The monoisotopic (exact) mass is 287 g/mol. The average molecular weight is 287 g/mol. The number of amides is 1. The van der Waals surface area contributed by atoms with Gasteiger partial charge in [-0.25, -0.2) is 0 Å². The minimum Gasteiger partial charge on any atom is -0.320 e. The van der Waals surface area contributed by atoms with Crippen LogP contribution in [0, 0.1) is 6.92 Å². The fourth-order valence-corrected chi connectivity index (χ4v) is 3.39. The number of hydrogen-bond acceptors (Lipinski definition) is 3. The SMILES string of the molecule is Cc1cccc(C2NC(C)C(=O)N2CCN2CCCC2)c1. The summed E-state index contributed by atoms with van der Waals surface area (Å²) in [7, 11) is 0. The molecule has 4 nitrogen and oxygen atoms in total. The molecule has 1 N–H and O–H groups in total. The van der Waals surface area contributed by atoms with Crippen LogP contribution in [0.5, 0.6) is 0 Å². The van der Waals surface area contributed by atoms with Crippen LogP contribution in [0.2, 0.25) is 0 Å². The molecule has 2 atom stereocenters. The molecule has 1 aromatic carbocycles. The van der Waals surface area contributed by atoms with Gasteiger partial charge in [-0.15, -0.1) is 0 Å². The fourth-order valence-electron chi connectivity index (χ4n) is 3.39. The molecule has 1 aromatic rings. The van der Waals surface area contributed by atoms with Crippen molar-refractivity contribution in [2.75, 3.05) is 26.2 Å². The first-order valence-electron chi connectivity index (χ1n) is 8.00. The Morgan fingerprint density at radius 2 is 2.00 bits per heavy atom. The van der Waals surface area contributed by atoms with E-state index in [1.54, 1.807) is 0 Å². The Kier molecular flexibility index (Phi) is 4.27. The lowest BCUT2D eigenvalue weighted by Crippen LogP contribution is -2.37. The van der Waals surface area contributed by atoms with E-state index >= 15 is 0 Å². The molecular formula is C17H25N3O. The molecule has 4 heteroatoms. The van der Waals surface area contributed by atoms with Crippen LogP contribution in [-0.2, 0) is 4.79 Å². The van der Waals surface area contributed by atoms with Gasteiger partial charge in [-0.05, 0) is 45.3 Å². The highest BCUT2D eigenvalue weighted by atomic mass is 16.2. The van der Waals surface area contributed by atoms with E-state index in [2.05, 4.69) is 41.4 Å². The van der Waals surface area contributed by atoms with E-state index in [-0.39, 0.29) is 18.1 Å². The van der Waals surface area contributed by atoms with Crippen LogP contribution in [0.1, 0.15) is 37.1 Å². The molecule has 2 aliphatic rings. The second kappa shape index (κ2) is 6.16. The summed E-state index contributed by atoms with van der Waals surface area (Å²) in [6, 6.07) is 8.36. The smallest absolute Gasteiger partial charge is 0.241 e. The normalized spacial score (nSPS) is 26.8. The second-order valence-electron chi connectivity index (χ2n) is 6.29. The average Bonchev–Trinajstić information content (AvgIpc) is 3.07. The van der Waals surface area contributed by atoms with Gasteiger partial charge in [-0.1, -0.05) is 29.8 Å². The van der Waals surface area contributed by atoms with Gasteiger partial charge in [0, 0.05) is 13.1 Å². The first kappa shape index (κ1) is 14.5. The Bertz CT molecular complexity index is 511. The third-order valence-corrected chi connectivity index (χ3v) is 4.59. The summed E-state index contributed by atoms with van der Waals surface area (Å²) in [4.78, 5) is 16.9. The molecule has 0 aliphatic carbocycles. The van der Waals surface area contributed by atoms with E-state index in [4.69, 9.17) is 0 Å². The fraction of sp³-hybridized carbons (Fsp3) is 0.588. The largest absolute Gasteiger partial charge is 0.320 e. The van der Waals surface area contributed by atoms with Crippen molar-refractivity contribution >= 4 is 5.91 Å². The third kappa shape index (κ3) is 3.11. The van der Waals surface area contributed by atoms with Crippen molar-refractivity contribution in [1.82, 2.24) is 15.1 Å². The molecule has 114 valence electrons. The maximum atomic E-state index is 12.4. The molecule has 0 spiro atoms. The van der Waals surface area contributed by atoms with Gasteiger partial charge in [0.25, 0.3) is 0 Å². The van der Waals surface area contributed by atoms with Gasteiger partial charge in [-0.3, -0.25) is 10.1 Å². The van der Waals surface area contributed by atoms with Crippen molar-refractivity contribution in [2.45, 2.75) is 38.9 Å². The molecule has 1 amide bonds. The van der Waals surface area contributed by atoms with E-state index in [0.29, 0.717) is 0 Å². The molecule has 2 fully saturated rings. The highest BCUT2D eigenvalue weighted by Gasteiger charge is 2.37. The number of benzene rings is 1. The van der Waals surface area contributed by atoms with Crippen molar-refractivity contribution < 1.29 is 4.79 Å². The lowest BCUT2D eigenvalue weighted by Gasteiger charge is -2.27. The first-order valence-corrected chi connectivity index (χ1v) is 8.00. The number of nitrogens with one attached hydrogen (secondary N) is 1. The van der Waals surface area contributed by atoms with E-state index in [9.17, 15) is 4.79 Å². The quantitative estimate of drug-likeness (QED) is 0.919. The van der Waals surface area contributed by atoms with E-state index in [0.717, 1.165) is 13.1 Å². The predicted octanol–water partition coefficient (Wildman–Crippen LogP) is 1.91.